The van der Waals surface area contributed by atoms with Crippen molar-refractivity contribution in [2.24, 2.45) is 0 Å². The summed E-state index contributed by atoms with van der Waals surface area (Å²) in [6.45, 7) is 5.87. The minimum atomic E-state index is -1.04. The van der Waals surface area contributed by atoms with Gasteiger partial charge in [0.15, 0.2) is 5.13 Å². The summed E-state index contributed by atoms with van der Waals surface area (Å²) in [7, 11) is 0. The molecule has 1 aromatic heterocycles. The molecule has 8 nitrogen and oxygen atoms in total. The topological polar surface area (TPSA) is 106 Å². The number of carbonyl (C=O) groups excluding carboxylic acids is 3. The summed E-state index contributed by atoms with van der Waals surface area (Å²) in [6.07, 6.45) is 0. The maximum atomic E-state index is 13.5. The first-order valence-corrected chi connectivity index (χ1v) is 14.4. The third-order valence-corrected chi connectivity index (χ3v) is 8.22. The Bertz CT molecular complexity index is 1710. The van der Waals surface area contributed by atoms with Crippen LogP contribution in [-0.2, 0) is 20.9 Å². The predicted octanol–water partition coefficient (Wildman–Crippen LogP) is 6.80. The van der Waals surface area contributed by atoms with Gasteiger partial charge in [-0.3, -0.25) is 14.5 Å². The highest BCUT2D eigenvalue weighted by molar-refractivity contribution is 7.17. The lowest BCUT2D eigenvalue weighted by molar-refractivity contribution is -0.132. The second-order valence-corrected chi connectivity index (χ2v) is 11.0. The number of halogens is 1. The Labute approximate surface area is 251 Å². The first-order valence-electron chi connectivity index (χ1n) is 13.2. The number of benzene rings is 3. The fourth-order valence-corrected chi connectivity index (χ4v) is 5.88. The van der Waals surface area contributed by atoms with Crippen molar-refractivity contribution in [2.45, 2.75) is 33.4 Å². The number of carbonyl (C=O) groups is 3. The number of hydrogen-bond acceptors (Lipinski definition) is 8. The normalized spacial score (nSPS) is 16.1. The lowest BCUT2D eigenvalue weighted by Crippen LogP contribution is -2.29. The molecule has 0 spiro atoms. The molecule has 10 heteroatoms. The van der Waals surface area contributed by atoms with Crippen LogP contribution < -0.4 is 9.64 Å². The summed E-state index contributed by atoms with van der Waals surface area (Å²) in [5.74, 6) is -2.12. The Morgan fingerprint density at radius 1 is 1.05 bits per heavy atom. The van der Waals surface area contributed by atoms with Gasteiger partial charge >= 0.3 is 11.9 Å². The highest BCUT2D eigenvalue weighted by Gasteiger charge is 2.48. The third kappa shape index (κ3) is 5.66. The van der Waals surface area contributed by atoms with E-state index in [2.05, 4.69) is 4.98 Å². The van der Waals surface area contributed by atoms with Gasteiger partial charge in [-0.15, -0.1) is 0 Å². The van der Waals surface area contributed by atoms with Crippen LogP contribution in [0.3, 0.4) is 0 Å². The molecule has 1 unspecified atom stereocenters. The number of anilines is 1. The highest BCUT2D eigenvalue weighted by atomic mass is 35.5. The number of ketones is 1. The number of aliphatic hydroxyl groups excluding tert-OH is 1. The molecule has 1 aliphatic rings. The van der Waals surface area contributed by atoms with E-state index in [0.717, 1.165) is 22.5 Å². The Hall–Kier alpha value is -4.47. The number of esters is 1. The van der Waals surface area contributed by atoms with Gasteiger partial charge in [0.2, 0.25) is 0 Å². The van der Waals surface area contributed by atoms with Gasteiger partial charge in [0.25, 0.3) is 5.78 Å². The van der Waals surface area contributed by atoms with Crippen molar-refractivity contribution >= 4 is 51.5 Å². The molecule has 214 valence electrons. The zero-order chi connectivity index (χ0) is 30.0. The van der Waals surface area contributed by atoms with Crippen LogP contribution in [0.15, 0.2) is 78.4 Å². The molecule has 1 amide bonds. The van der Waals surface area contributed by atoms with Gasteiger partial charge < -0.3 is 14.6 Å². The summed E-state index contributed by atoms with van der Waals surface area (Å²) in [6, 6.07) is 20.2. The molecule has 2 heterocycles. The van der Waals surface area contributed by atoms with E-state index < -0.39 is 23.7 Å². The average Bonchev–Trinajstić information content (AvgIpc) is 3.49. The number of ether oxygens (including phenoxy) is 2. The molecule has 0 bridgehead atoms. The largest absolute Gasteiger partial charge is 0.507 e. The third-order valence-electron chi connectivity index (χ3n) is 6.84. The van der Waals surface area contributed by atoms with E-state index in [1.165, 1.54) is 4.90 Å². The molecule has 3 aromatic carbocycles. The zero-order valence-corrected chi connectivity index (χ0v) is 24.7. The average molecular weight is 603 g/mol. The second kappa shape index (κ2) is 12.2. The van der Waals surface area contributed by atoms with Crippen molar-refractivity contribution in [3.05, 3.63) is 116 Å². The fraction of sp³-hybridized carbons (Fsp3) is 0.188. The van der Waals surface area contributed by atoms with Gasteiger partial charge in [-0.05, 0) is 73.9 Å². The van der Waals surface area contributed by atoms with E-state index in [4.69, 9.17) is 21.1 Å². The van der Waals surface area contributed by atoms with Crippen molar-refractivity contribution < 1.29 is 29.0 Å². The molecule has 1 aliphatic heterocycles. The van der Waals surface area contributed by atoms with E-state index in [1.807, 2.05) is 31.2 Å². The van der Waals surface area contributed by atoms with Crippen LogP contribution in [0.4, 0.5) is 5.13 Å². The smallest absolute Gasteiger partial charge is 0.350 e. The van der Waals surface area contributed by atoms with E-state index in [-0.39, 0.29) is 27.9 Å². The SMILES string of the molecule is CCOC(=O)c1sc(N2C(=O)C(=O)/C(=C(/O)c3ccc(OCc4ccccc4C)cc3)C2c2cccc(Cl)c2)nc1C. The molecular weight excluding hydrogens is 576 g/mol. The Balaban J connectivity index is 1.53. The van der Waals surface area contributed by atoms with E-state index in [9.17, 15) is 19.5 Å². The number of aryl methyl sites for hydroxylation is 2. The van der Waals surface area contributed by atoms with Crippen LogP contribution in [0.5, 0.6) is 5.75 Å². The number of hydrogen-bond donors (Lipinski definition) is 1. The van der Waals surface area contributed by atoms with Crippen LogP contribution in [0, 0.1) is 13.8 Å². The van der Waals surface area contributed by atoms with E-state index >= 15 is 0 Å². The van der Waals surface area contributed by atoms with Gasteiger partial charge in [0, 0.05) is 10.6 Å². The van der Waals surface area contributed by atoms with Crippen molar-refractivity contribution in [2.75, 3.05) is 11.5 Å². The van der Waals surface area contributed by atoms with Gasteiger partial charge in [0.1, 0.15) is 23.0 Å². The Morgan fingerprint density at radius 3 is 2.48 bits per heavy atom. The minimum Gasteiger partial charge on any atom is -0.507 e. The molecule has 0 aliphatic carbocycles. The van der Waals surface area contributed by atoms with Crippen molar-refractivity contribution in [3.8, 4) is 5.75 Å². The second-order valence-electron chi connectivity index (χ2n) is 9.60. The molecular formula is C32H27ClN2O6S. The number of aromatic nitrogens is 1. The van der Waals surface area contributed by atoms with Gasteiger partial charge in [-0.1, -0.05) is 59.3 Å². The quantitative estimate of drug-likeness (QED) is 0.102. The summed E-state index contributed by atoms with van der Waals surface area (Å²) < 4.78 is 11.0. The minimum absolute atomic E-state index is 0.124. The Kier molecular flexibility index (Phi) is 8.42. The van der Waals surface area contributed by atoms with E-state index in [0.29, 0.717) is 34.2 Å². The number of nitrogens with zero attached hydrogens (tertiary/aromatic N) is 2. The zero-order valence-electron chi connectivity index (χ0n) is 23.1. The predicted molar refractivity (Wildman–Crippen MR) is 161 cm³/mol. The lowest BCUT2D eigenvalue weighted by atomic mass is 9.95. The molecule has 4 aromatic rings. The van der Waals surface area contributed by atoms with Crippen molar-refractivity contribution in [3.63, 3.8) is 0 Å². The van der Waals surface area contributed by atoms with Crippen molar-refractivity contribution in [1.29, 1.82) is 0 Å². The summed E-state index contributed by atoms with van der Waals surface area (Å²) in [5, 5.41) is 12.0. The number of aliphatic hydroxyl groups is 1. The van der Waals surface area contributed by atoms with Crippen LogP contribution in [0.25, 0.3) is 5.76 Å². The standard InChI is InChI=1S/C32H27ClN2O6S/c1-4-40-31(39)29-19(3)34-32(42-29)35-26(21-10-7-11-23(33)16-21)25(28(37)30(35)38)27(36)20-12-14-24(15-13-20)41-17-22-9-6-5-8-18(22)2/h5-16,26,36H,4,17H2,1-3H3/b27-25+. The molecule has 0 saturated carbocycles. The number of rotatable bonds is 8. The number of Topliss-reactive ketones (excluding diaryl/α,β-unsaturated/α-hetero) is 1. The lowest BCUT2D eigenvalue weighted by Gasteiger charge is -2.23. The molecule has 42 heavy (non-hydrogen) atoms. The first kappa shape index (κ1) is 29.0. The summed E-state index contributed by atoms with van der Waals surface area (Å²) in [4.78, 5) is 45.3. The maximum Gasteiger partial charge on any atom is 0.350 e. The molecule has 1 saturated heterocycles. The number of amides is 1. The van der Waals surface area contributed by atoms with Crippen LogP contribution in [0.2, 0.25) is 5.02 Å². The first-order chi connectivity index (χ1) is 20.2. The maximum absolute atomic E-state index is 13.5. The van der Waals surface area contributed by atoms with Crippen LogP contribution in [0.1, 0.15) is 50.6 Å². The monoisotopic (exact) mass is 602 g/mol. The van der Waals surface area contributed by atoms with Gasteiger partial charge in [-0.25, -0.2) is 9.78 Å². The molecule has 5 rings (SSSR count). The number of thiazole rings is 1. The van der Waals surface area contributed by atoms with Gasteiger partial charge in [-0.2, -0.15) is 0 Å². The van der Waals surface area contributed by atoms with Crippen LogP contribution in [-0.4, -0.2) is 34.4 Å². The molecule has 1 fully saturated rings. The van der Waals surface area contributed by atoms with Crippen LogP contribution >= 0.6 is 22.9 Å². The summed E-state index contributed by atoms with van der Waals surface area (Å²) in [5.41, 5.74) is 3.22. The Morgan fingerprint density at radius 2 is 1.79 bits per heavy atom. The highest BCUT2D eigenvalue weighted by Crippen LogP contribution is 2.44. The molecule has 1 N–H and O–H groups in total. The molecule has 0 radical (unpaired) electrons. The fourth-order valence-electron chi connectivity index (χ4n) is 4.69. The molecule has 1 atom stereocenters. The summed E-state index contributed by atoms with van der Waals surface area (Å²) >= 11 is 7.23. The van der Waals surface area contributed by atoms with Crippen molar-refractivity contribution in [1.82, 2.24) is 4.98 Å². The van der Waals surface area contributed by atoms with E-state index in [1.54, 1.807) is 62.4 Å². The van der Waals surface area contributed by atoms with Gasteiger partial charge in [0.05, 0.1) is 23.9 Å².